The van der Waals surface area contributed by atoms with Gasteiger partial charge >= 0.3 is 0 Å². The monoisotopic (exact) mass is 385 g/mol. The zero-order chi connectivity index (χ0) is 16.4. The number of Topliss-reactive ketones (excluding diaryl/α,β-unsaturated/α-hetero) is 1. The van der Waals surface area contributed by atoms with Gasteiger partial charge in [0.15, 0.2) is 5.78 Å². The lowest BCUT2D eigenvalue weighted by atomic mass is 10.2. The van der Waals surface area contributed by atoms with Gasteiger partial charge in [0.1, 0.15) is 16.7 Å². The number of nitrogens with zero attached hydrogens (tertiary/aromatic N) is 3. The predicted molar refractivity (Wildman–Crippen MR) is 93.8 cm³/mol. The summed E-state index contributed by atoms with van der Waals surface area (Å²) >= 11 is 4.64. The summed E-state index contributed by atoms with van der Waals surface area (Å²) in [5.41, 5.74) is 3.00. The molecule has 0 radical (unpaired) electrons. The number of hydrogen-bond donors (Lipinski definition) is 0. The number of carbonyl (C=O) groups is 1. The van der Waals surface area contributed by atoms with Gasteiger partial charge in [-0.3, -0.25) is 4.79 Å². The molecule has 4 nitrogen and oxygen atoms in total. The number of aryl methyl sites for hydroxylation is 1. The molecule has 0 atom stereocenters. The Balaban J connectivity index is 1.83. The molecule has 0 spiro atoms. The average Bonchev–Trinajstić information content (AvgIpc) is 2.90. The Morgan fingerprint density at radius 2 is 2.09 bits per heavy atom. The number of aromatic nitrogens is 2. The molecule has 0 fully saturated rings. The Morgan fingerprint density at radius 3 is 2.78 bits per heavy atom. The molecule has 3 rings (SSSR count). The van der Waals surface area contributed by atoms with Gasteiger partial charge in [-0.25, -0.2) is 4.52 Å². The van der Waals surface area contributed by atoms with Crippen molar-refractivity contribution in [3.05, 3.63) is 63.8 Å². The number of nitriles is 1. The molecule has 6 heteroatoms. The fourth-order valence-electron chi connectivity index (χ4n) is 2.19. The third-order valence-electron chi connectivity index (χ3n) is 3.38. The molecule has 0 bridgehead atoms. The van der Waals surface area contributed by atoms with E-state index in [2.05, 4.69) is 27.1 Å². The number of pyridine rings is 1. The standard InChI is InChI=1S/C17H12BrN3OS/c1-11-6-7-21-15(8-11)14(9-19)17(20-21)23-10-16(22)12-2-4-13(18)5-3-12/h2-8H,10H2,1H3. The summed E-state index contributed by atoms with van der Waals surface area (Å²) < 4.78 is 2.61. The summed E-state index contributed by atoms with van der Waals surface area (Å²) in [6.45, 7) is 1.97. The Kier molecular flexibility index (Phi) is 4.51. The number of ketones is 1. The Morgan fingerprint density at radius 1 is 1.35 bits per heavy atom. The molecule has 1 aromatic carbocycles. The van der Waals surface area contributed by atoms with Crippen molar-refractivity contribution < 1.29 is 4.79 Å². The van der Waals surface area contributed by atoms with Gasteiger partial charge < -0.3 is 0 Å². The molecule has 2 heterocycles. The van der Waals surface area contributed by atoms with Crippen molar-refractivity contribution in [3.63, 3.8) is 0 Å². The number of carbonyl (C=O) groups excluding carboxylic acids is 1. The van der Waals surface area contributed by atoms with Crippen molar-refractivity contribution in [2.24, 2.45) is 0 Å². The van der Waals surface area contributed by atoms with Crippen LogP contribution in [-0.2, 0) is 0 Å². The van der Waals surface area contributed by atoms with Crippen LogP contribution >= 0.6 is 27.7 Å². The first-order valence-corrected chi connectivity index (χ1v) is 8.67. The topological polar surface area (TPSA) is 58.2 Å². The van der Waals surface area contributed by atoms with Gasteiger partial charge in [-0.05, 0) is 36.8 Å². The van der Waals surface area contributed by atoms with Crippen LogP contribution in [0.4, 0.5) is 0 Å². The van der Waals surface area contributed by atoms with Crippen LogP contribution in [0.5, 0.6) is 0 Å². The van der Waals surface area contributed by atoms with Gasteiger partial charge in [0, 0.05) is 16.2 Å². The molecule has 0 amide bonds. The average molecular weight is 386 g/mol. The van der Waals surface area contributed by atoms with Crippen LogP contribution in [0.1, 0.15) is 21.5 Å². The Labute approximate surface area is 146 Å². The fourth-order valence-corrected chi connectivity index (χ4v) is 3.33. The molecular weight excluding hydrogens is 374 g/mol. The van der Waals surface area contributed by atoms with E-state index in [-0.39, 0.29) is 11.5 Å². The van der Waals surface area contributed by atoms with Gasteiger partial charge in [0.2, 0.25) is 0 Å². The minimum atomic E-state index is 0.0135. The second-order valence-corrected chi connectivity index (χ2v) is 6.92. The predicted octanol–water partition coefficient (Wildman–Crippen LogP) is 4.25. The molecule has 0 saturated heterocycles. The second kappa shape index (κ2) is 6.57. The van der Waals surface area contributed by atoms with Crippen molar-refractivity contribution >= 4 is 39.0 Å². The number of rotatable bonds is 4. The minimum absolute atomic E-state index is 0.0135. The van der Waals surface area contributed by atoms with Crippen LogP contribution in [0.2, 0.25) is 0 Å². The van der Waals surface area contributed by atoms with Crippen LogP contribution in [0.15, 0.2) is 52.1 Å². The number of fused-ring (bicyclic) bond motifs is 1. The molecule has 2 aromatic heterocycles. The first kappa shape index (κ1) is 15.8. The normalized spacial score (nSPS) is 10.7. The van der Waals surface area contributed by atoms with E-state index >= 15 is 0 Å². The van der Waals surface area contributed by atoms with E-state index < -0.39 is 0 Å². The lowest BCUT2D eigenvalue weighted by molar-refractivity contribution is 0.102. The van der Waals surface area contributed by atoms with E-state index in [1.165, 1.54) is 11.8 Å². The zero-order valence-electron chi connectivity index (χ0n) is 12.3. The van der Waals surface area contributed by atoms with E-state index in [0.29, 0.717) is 16.2 Å². The summed E-state index contributed by atoms with van der Waals surface area (Å²) in [7, 11) is 0. The number of halogens is 1. The van der Waals surface area contributed by atoms with E-state index in [1.807, 2.05) is 37.4 Å². The smallest absolute Gasteiger partial charge is 0.173 e. The second-order valence-electron chi connectivity index (χ2n) is 5.04. The SMILES string of the molecule is Cc1ccn2nc(SCC(=O)c3ccc(Br)cc3)c(C#N)c2c1. The molecule has 0 saturated carbocycles. The third kappa shape index (κ3) is 3.31. The lowest BCUT2D eigenvalue weighted by Gasteiger charge is -2.00. The molecule has 114 valence electrons. The molecular formula is C17H12BrN3OS. The summed E-state index contributed by atoms with van der Waals surface area (Å²) in [6.07, 6.45) is 1.83. The number of hydrogen-bond acceptors (Lipinski definition) is 4. The lowest BCUT2D eigenvalue weighted by Crippen LogP contribution is -2.02. The van der Waals surface area contributed by atoms with E-state index in [0.717, 1.165) is 15.6 Å². The first-order chi connectivity index (χ1) is 11.1. The van der Waals surface area contributed by atoms with Crippen molar-refractivity contribution in [3.8, 4) is 6.07 Å². The van der Waals surface area contributed by atoms with E-state index in [9.17, 15) is 10.1 Å². The van der Waals surface area contributed by atoms with Crippen molar-refractivity contribution in [2.75, 3.05) is 5.75 Å². The molecule has 0 aliphatic carbocycles. The zero-order valence-corrected chi connectivity index (χ0v) is 14.7. The van der Waals surface area contributed by atoms with Crippen molar-refractivity contribution in [2.45, 2.75) is 11.9 Å². The molecule has 0 unspecified atom stereocenters. The van der Waals surface area contributed by atoms with E-state index in [4.69, 9.17) is 0 Å². The molecule has 0 N–H and O–H groups in total. The van der Waals surface area contributed by atoms with Crippen LogP contribution in [-0.4, -0.2) is 21.2 Å². The van der Waals surface area contributed by atoms with Crippen LogP contribution in [0, 0.1) is 18.3 Å². The van der Waals surface area contributed by atoms with Crippen molar-refractivity contribution in [1.82, 2.24) is 9.61 Å². The van der Waals surface area contributed by atoms with Crippen molar-refractivity contribution in [1.29, 1.82) is 5.26 Å². The summed E-state index contributed by atoms with van der Waals surface area (Å²) in [5.74, 6) is 0.263. The first-order valence-electron chi connectivity index (χ1n) is 6.89. The van der Waals surface area contributed by atoms with Gasteiger partial charge in [-0.1, -0.05) is 39.8 Å². The highest BCUT2D eigenvalue weighted by Gasteiger charge is 2.15. The summed E-state index contributed by atoms with van der Waals surface area (Å²) in [6, 6.07) is 13.3. The highest BCUT2D eigenvalue weighted by molar-refractivity contribution is 9.10. The highest BCUT2D eigenvalue weighted by Crippen LogP contribution is 2.26. The maximum Gasteiger partial charge on any atom is 0.173 e. The summed E-state index contributed by atoms with van der Waals surface area (Å²) in [5, 5.41) is 14.4. The van der Waals surface area contributed by atoms with Gasteiger partial charge in [0.25, 0.3) is 0 Å². The number of benzene rings is 1. The third-order valence-corrected chi connectivity index (χ3v) is 4.87. The molecule has 23 heavy (non-hydrogen) atoms. The fraction of sp³-hybridized carbons (Fsp3) is 0.118. The number of thioether (sulfide) groups is 1. The van der Waals surface area contributed by atoms with E-state index in [1.54, 1.807) is 16.6 Å². The van der Waals surface area contributed by atoms with Gasteiger partial charge in [-0.15, -0.1) is 0 Å². The molecule has 3 aromatic rings. The Bertz CT molecular complexity index is 925. The highest BCUT2D eigenvalue weighted by atomic mass is 79.9. The summed E-state index contributed by atoms with van der Waals surface area (Å²) in [4.78, 5) is 12.2. The van der Waals surface area contributed by atoms with Crippen LogP contribution in [0.3, 0.4) is 0 Å². The maximum atomic E-state index is 12.2. The Hall–Kier alpha value is -2.10. The molecule has 0 aliphatic rings. The largest absolute Gasteiger partial charge is 0.293 e. The quantitative estimate of drug-likeness (QED) is 0.497. The molecule has 0 aliphatic heterocycles. The maximum absolute atomic E-state index is 12.2. The van der Waals surface area contributed by atoms with Gasteiger partial charge in [-0.2, -0.15) is 10.4 Å². The van der Waals surface area contributed by atoms with Crippen LogP contribution in [0.25, 0.3) is 5.52 Å². The minimum Gasteiger partial charge on any atom is -0.293 e. The van der Waals surface area contributed by atoms with Gasteiger partial charge in [0.05, 0.1) is 11.3 Å². The van der Waals surface area contributed by atoms with Crippen LogP contribution < -0.4 is 0 Å².